The van der Waals surface area contributed by atoms with Crippen LogP contribution in [0.15, 0.2) is 84.0 Å². The van der Waals surface area contributed by atoms with Crippen molar-refractivity contribution in [1.82, 2.24) is 20.1 Å². The molecule has 0 aliphatic heterocycles. The van der Waals surface area contributed by atoms with Crippen molar-refractivity contribution in [2.75, 3.05) is 19.5 Å². The second kappa shape index (κ2) is 12.1. The van der Waals surface area contributed by atoms with E-state index in [-0.39, 0.29) is 11.2 Å². The highest BCUT2D eigenvalue weighted by Crippen LogP contribution is 2.27. The summed E-state index contributed by atoms with van der Waals surface area (Å²) >= 11 is 1.37. The predicted octanol–water partition coefficient (Wildman–Crippen LogP) is 4.69. The number of ether oxygens (including phenoxy) is 2. The Morgan fingerprint density at radius 1 is 0.889 bits per heavy atom. The van der Waals surface area contributed by atoms with Gasteiger partial charge < -0.3 is 20.1 Å². The fourth-order valence-electron chi connectivity index (χ4n) is 3.51. The van der Waals surface area contributed by atoms with Gasteiger partial charge >= 0.3 is 0 Å². The van der Waals surface area contributed by atoms with Crippen molar-refractivity contribution in [3.63, 3.8) is 0 Å². The highest BCUT2D eigenvalue weighted by Gasteiger charge is 2.21. The number of amides is 1. The number of rotatable bonds is 11. The number of carbonyl (C=O) groups excluding carboxylic acids is 1. The molecule has 1 atom stereocenters. The summed E-state index contributed by atoms with van der Waals surface area (Å²) in [6, 6.07) is 25.2. The van der Waals surface area contributed by atoms with Gasteiger partial charge in [0.15, 0.2) is 11.0 Å². The zero-order valence-corrected chi connectivity index (χ0v) is 21.3. The Hall–Kier alpha value is -3.98. The topological polar surface area (TPSA) is 90.3 Å². The minimum absolute atomic E-state index is 0.0639. The van der Waals surface area contributed by atoms with Crippen molar-refractivity contribution in [1.29, 1.82) is 0 Å². The first-order valence-electron chi connectivity index (χ1n) is 11.5. The van der Waals surface area contributed by atoms with E-state index in [0.717, 1.165) is 34.3 Å². The number of nitrogens with zero attached hydrogens (tertiary/aromatic N) is 3. The van der Waals surface area contributed by atoms with Crippen LogP contribution in [0.4, 0.5) is 5.69 Å². The van der Waals surface area contributed by atoms with Gasteiger partial charge in [0.05, 0.1) is 26.0 Å². The Labute approximate surface area is 215 Å². The number of aromatic nitrogens is 3. The number of hydrogen-bond donors (Lipinski definition) is 2. The van der Waals surface area contributed by atoms with Crippen LogP contribution < -0.4 is 20.1 Å². The van der Waals surface area contributed by atoms with Gasteiger partial charge in [-0.05, 0) is 61.0 Å². The summed E-state index contributed by atoms with van der Waals surface area (Å²) in [5.74, 6) is 2.20. The van der Waals surface area contributed by atoms with Crippen molar-refractivity contribution < 1.29 is 14.3 Å². The van der Waals surface area contributed by atoms with E-state index in [1.54, 1.807) is 14.2 Å². The van der Waals surface area contributed by atoms with Gasteiger partial charge in [-0.15, -0.1) is 10.2 Å². The van der Waals surface area contributed by atoms with Crippen LogP contribution in [0.2, 0.25) is 0 Å². The van der Waals surface area contributed by atoms with Crippen molar-refractivity contribution >= 4 is 23.4 Å². The molecule has 1 aromatic heterocycles. The molecular formula is C27H29N5O3S. The maximum absolute atomic E-state index is 12.8. The van der Waals surface area contributed by atoms with E-state index in [9.17, 15) is 4.79 Å². The van der Waals surface area contributed by atoms with Crippen molar-refractivity contribution in [2.45, 2.75) is 30.4 Å². The Kier molecular flexibility index (Phi) is 8.46. The number of hydrogen-bond acceptors (Lipinski definition) is 7. The third-order valence-electron chi connectivity index (χ3n) is 5.53. The van der Waals surface area contributed by atoms with Gasteiger partial charge in [-0.1, -0.05) is 42.1 Å². The first-order chi connectivity index (χ1) is 17.6. The molecule has 8 nitrogen and oxygen atoms in total. The number of thioether (sulfide) groups is 1. The molecule has 3 aromatic carbocycles. The van der Waals surface area contributed by atoms with Crippen molar-refractivity contribution in [2.24, 2.45) is 0 Å². The molecule has 0 aliphatic carbocycles. The molecule has 0 aliphatic rings. The molecule has 2 N–H and O–H groups in total. The molecule has 1 amide bonds. The molecule has 0 saturated heterocycles. The summed E-state index contributed by atoms with van der Waals surface area (Å²) in [5, 5.41) is 15.5. The third-order valence-corrected chi connectivity index (χ3v) is 6.58. The van der Waals surface area contributed by atoms with Crippen LogP contribution in [0.3, 0.4) is 0 Å². The summed E-state index contributed by atoms with van der Waals surface area (Å²) < 4.78 is 12.5. The standard InChI is InChI=1S/C27H29N5O3S/c1-19(26(33)29-17-20-7-5-4-6-8-20)36-27-31-30-25(18-28-21-9-13-23(34-2)14-10-21)32(27)22-11-15-24(35-3)16-12-22/h4-16,19,28H,17-18H2,1-3H3,(H,29,33). The molecule has 0 bridgehead atoms. The van der Waals surface area contributed by atoms with Crippen LogP contribution in [0, 0.1) is 0 Å². The highest BCUT2D eigenvalue weighted by atomic mass is 32.2. The van der Waals surface area contributed by atoms with Gasteiger partial charge in [-0.25, -0.2) is 0 Å². The Bertz CT molecular complexity index is 1260. The monoisotopic (exact) mass is 503 g/mol. The van der Waals surface area contributed by atoms with Gasteiger partial charge in [-0.3, -0.25) is 9.36 Å². The molecule has 1 heterocycles. The minimum Gasteiger partial charge on any atom is -0.497 e. The second-order valence-electron chi connectivity index (χ2n) is 7.98. The van der Waals surface area contributed by atoms with Crippen molar-refractivity contribution in [3.8, 4) is 17.2 Å². The summed E-state index contributed by atoms with van der Waals surface area (Å²) in [6.45, 7) is 2.79. The first kappa shape index (κ1) is 25.1. The molecular weight excluding hydrogens is 474 g/mol. The van der Waals surface area contributed by atoms with E-state index in [4.69, 9.17) is 9.47 Å². The lowest BCUT2D eigenvalue weighted by Gasteiger charge is -2.15. The van der Waals surface area contributed by atoms with Crippen molar-refractivity contribution in [3.05, 3.63) is 90.3 Å². The third kappa shape index (κ3) is 6.37. The van der Waals surface area contributed by atoms with Crippen LogP contribution in [0.5, 0.6) is 11.5 Å². The lowest BCUT2D eigenvalue weighted by atomic mass is 10.2. The van der Waals surface area contributed by atoms with Crippen LogP contribution in [-0.4, -0.2) is 40.1 Å². The Morgan fingerprint density at radius 3 is 2.17 bits per heavy atom. The van der Waals surface area contributed by atoms with Crippen LogP contribution in [0.25, 0.3) is 5.69 Å². The normalized spacial score (nSPS) is 11.5. The van der Waals surface area contributed by atoms with Crippen LogP contribution >= 0.6 is 11.8 Å². The molecule has 4 rings (SSSR count). The van der Waals surface area contributed by atoms with E-state index in [2.05, 4.69) is 20.8 Å². The molecule has 0 radical (unpaired) electrons. The van der Waals surface area contributed by atoms with E-state index in [1.807, 2.05) is 90.4 Å². The van der Waals surface area contributed by atoms with E-state index < -0.39 is 0 Å². The van der Waals surface area contributed by atoms with Crippen LogP contribution in [-0.2, 0) is 17.9 Å². The first-order valence-corrected chi connectivity index (χ1v) is 12.4. The second-order valence-corrected chi connectivity index (χ2v) is 9.29. The fraction of sp³-hybridized carbons (Fsp3) is 0.222. The number of benzene rings is 3. The van der Waals surface area contributed by atoms with Crippen LogP contribution in [0.1, 0.15) is 18.3 Å². The van der Waals surface area contributed by atoms with Gasteiger partial charge in [0.2, 0.25) is 5.91 Å². The molecule has 4 aromatic rings. The zero-order chi connectivity index (χ0) is 25.3. The van der Waals surface area contributed by atoms with Gasteiger partial charge in [0, 0.05) is 17.9 Å². The number of anilines is 1. The summed E-state index contributed by atoms with van der Waals surface area (Å²) in [6.07, 6.45) is 0. The fourth-order valence-corrected chi connectivity index (χ4v) is 4.42. The Balaban J connectivity index is 1.51. The average molecular weight is 504 g/mol. The lowest BCUT2D eigenvalue weighted by Crippen LogP contribution is -2.30. The smallest absolute Gasteiger partial charge is 0.233 e. The molecule has 36 heavy (non-hydrogen) atoms. The minimum atomic E-state index is -0.364. The van der Waals surface area contributed by atoms with E-state index in [1.165, 1.54) is 11.8 Å². The molecule has 0 fully saturated rings. The molecule has 186 valence electrons. The molecule has 0 spiro atoms. The quantitative estimate of drug-likeness (QED) is 0.287. The van der Waals surface area contributed by atoms with Gasteiger partial charge in [0.1, 0.15) is 11.5 Å². The van der Waals surface area contributed by atoms with E-state index in [0.29, 0.717) is 18.2 Å². The highest BCUT2D eigenvalue weighted by molar-refractivity contribution is 8.00. The van der Waals surface area contributed by atoms with Gasteiger partial charge in [-0.2, -0.15) is 0 Å². The number of methoxy groups -OCH3 is 2. The largest absolute Gasteiger partial charge is 0.497 e. The molecule has 0 saturated carbocycles. The summed E-state index contributed by atoms with van der Waals surface area (Å²) in [7, 11) is 3.27. The lowest BCUT2D eigenvalue weighted by molar-refractivity contribution is -0.120. The zero-order valence-electron chi connectivity index (χ0n) is 20.5. The molecule has 1 unspecified atom stereocenters. The number of nitrogens with one attached hydrogen (secondary N) is 2. The van der Waals surface area contributed by atoms with E-state index >= 15 is 0 Å². The maximum atomic E-state index is 12.8. The van der Waals surface area contributed by atoms with Gasteiger partial charge in [0.25, 0.3) is 0 Å². The predicted molar refractivity (Wildman–Crippen MR) is 142 cm³/mol. The SMILES string of the molecule is COc1ccc(NCc2nnc(SC(C)C(=O)NCc3ccccc3)n2-c2ccc(OC)cc2)cc1. The summed E-state index contributed by atoms with van der Waals surface area (Å²) in [4.78, 5) is 12.8. The number of carbonyl (C=O) groups is 1. The summed E-state index contributed by atoms with van der Waals surface area (Å²) in [5.41, 5.74) is 2.87. The average Bonchev–Trinajstić information content (AvgIpc) is 3.33. The Morgan fingerprint density at radius 2 is 1.53 bits per heavy atom. The maximum Gasteiger partial charge on any atom is 0.233 e. The molecule has 9 heteroatoms.